The fourth-order valence-corrected chi connectivity index (χ4v) is 2.23. The van der Waals surface area contributed by atoms with Gasteiger partial charge in [-0.3, -0.25) is 4.68 Å². The Hall–Kier alpha value is -0.570. The molecule has 5 nitrogen and oxygen atoms in total. The highest BCUT2D eigenvalue weighted by molar-refractivity contribution is 14.1. The summed E-state index contributed by atoms with van der Waals surface area (Å²) in [4.78, 5) is 5.15. The van der Waals surface area contributed by atoms with E-state index in [2.05, 4.69) is 32.8 Å². The minimum atomic E-state index is 0.0436. The lowest BCUT2D eigenvalue weighted by atomic mass is 10.2. The second kappa shape index (κ2) is 4.74. The van der Waals surface area contributed by atoms with Gasteiger partial charge in [0.1, 0.15) is 10.7 Å². The standard InChI is InChI=1S/C9H12IN3O2S/c1-5-7(9(16)13(2)11-5)8-12-14-4-6(3-10)15-8/h6,11H,3-4H2,1-2H3. The van der Waals surface area contributed by atoms with E-state index in [9.17, 15) is 0 Å². The van der Waals surface area contributed by atoms with E-state index in [0.717, 1.165) is 15.7 Å². The van der Waals surface area contributed by atoms with Crippen LogP contribution in [0.3, 0.4) is 0 Å². The van der Waals surface area contributed by atoms with Crippen molar-refractivity contribution >= 4 is 40.7 Å². The Morgan fingerprint density at radius 3 is 3.00 bits per heavy atom. The molecule has 0 aromatic carbocycles. The monoisotopic (exact) mass is 353 g/mol. The maximum absolute atomic E-state index is 5.71. The van der Waals surface area contributed by atoms with Crippen LogP contribution in [-0.4, -0.2) is 32.8 Å². The van der Waals surface area contributed by atoms with Crippen LogP contribution >= 0.6 is 34.8 Å². The third-order valence-corrected chi connectivity index (χ3v) is 3.76. The van der Waals surface area contributed by atoms with Crippen LogP contribution in [0, 0.1) is 11.6 Å². The van der Waals surface area contributed by atoms with E-state index in [-0.39, 0.29) is 6.10 Å². The zero-order valence-corrected chi connectivity index (χ0v) is 12.0. The lowest BCUT2D eigenvalue weighted by Gasteiger charge is -2.20. The molecular formula is C9H12IN3O2S. The molecule has 0 bridgehead atoms. The molecule has 0 saturated heterocycles. The van der Waals surface area contributed by atoms with Crippen LogP contribution in [0.2, 0.25) is 0 Å². The van der Waals surface area contributed by atoms with Gasteiger partial charge in [0.2, 0.25) is 0 Å². The second-order valence-electron chi connectivity index (χ2n) is 3.56. The largest absolute Gasteiger partial charge is 0.467 e. The summed E-state index contributed by atoms with van der Waals surface area (Å²) < 4.78 is 9.01. The Bertz CT molecular complexity index is 480. The zero-order chi connectivity index (χ0) is 11.7. The zero-order valence-electron chi connectivity index (χ0n) is 8.99. The number of H-pyrrole nitrogens is 1. The van der Waals surface area contributed by atoms with Crippen molar-refractivity contribution in [2.24, 2.45) is 12.2 Å². The highest BCUT2D eigenvalue weighted by atomic mass is 127. The first-order valence-corrected chi connectivity index (χ1v) is 6.75. The molecule has 7 heteroatoms. The van der Waals surface area contributed by atoms with Crippen molar-refractivity contribution in [2.45, 2.75) is 13.0 Å². The number of hydrogen-bond acceptors (Lipinski definition) is 4. The predicted octanol–water partition coefficient (Wildman–Crippen LogP) is 1.90. The SMILES string of the molecule is Cc1[nH]n(C)c(=S)c1C1=NOCC(CI)O1. The minimum Gasteiger partial charge on any atom is -0.467 e. The van der Waals surface area contributed by atoms with E-state index in [0.29, 0.717) is 17.1 Å². The topological polar surface area (TPSA) is 51.5 Å². The molecule has 1 aliphatic heterocycles. The number of aromatic amines is 1. The Balaban J connectivity index is 2.37. The van der Waals surface area contributed by atoms with Gasteiger partial charge in [-0.25, -0.2) is 0 Å². The Kier molecular flexibility index (Phi) is 3.53. The number of hydrogen-bond donors (Lipinski definition) is 1. The third-order valence-electron chi connectivity index (χ3n) is 2.30. The van der Waals surface area contributed by atoms with Gasteiger partial charge in [0.25, 0.3) is 5.90 Å². The number of aryl methyl sites for hydroxylation is 2. The Morgan fingerprint density at radius 1 is 1.69 bits per heavy atom. The molecule has 1 atom stereocenters. The van der Waals surface area contributed by atoms with Crippen LogP contribution in [0.4, 0.5) is 0 Å². The van der Waals surface area contributed by atoms with Crippen molar-refractivity contribution in [1.29, 1.82) is 0 Å². The fourth-order valence-electron chi connectivity index (χ4n) is 1.51. The van der Waals surface area contributed by atoms with Crippen LogP contribution in [0.5, 0.6) is 0 Å². The molecule has 1 unspecified atom stereocenters. The quantitative estimate of drug-likeness (QED) is 0.502. The van der Waals surface area contributed by atoms with Crippen LogP contribution in [-0.2, 0) is 16.6 Å². The maximum Gasteiger partial charge on any atom is 0.262 e. The van der Waals surface area contributed by atoms with Gasteiger partial charge < -0.3 is 14.7 Å². The Morgan fingerprint density at radius 2 is 2.44 bits per heavy atom. The highest BCUT2D eigenvalue weighted by Crippen LogP contribution is 2.16. The average Bonchev–Trinajstić information content (AvgIpc) is 2.53. The molecule has 0 amide bonds. The molecule has 0 aliphatic carbocycles. The van der Waals surface area contributed by atoms with Gasteiger partial charge in [-0.05, 0) is 12.1 Å². The van der Waals surface area contributed by atoms with Crippen LogP contribution < -0.4 is 0 Å². The first-order chi connectivity index (χ1) is 7.63. The van der Waals surface area contributed by atoms with Crippen molar-refractivity contribution in [3.05, 3.63) is 15.9 Å². The number of nitrogens with one attached hydrogen (secondary N) is 1. The molecule has 1 aromatic heterocycles. The fraction of sp³-hybridized carbons (Fsp3) is 0.556. The second-order valence-corrected chi connectivity index (χ2v) is 4.83. The number of nitrogens with zero attached hydrogens (tertiary/aromatic N) is 2. The van der Waals surface area contributed by atoms with Crippen molar-refractivity contribution in [2.75, 3.05) is 11.0 Å². The molecule has 0 saturated carbocycles. The average molecular weight is 353 g/mol. The molecule has 0 fully saturated rings. The number of aromatic nitrogens is 2. The van der Waals surface area contributed by atoms with E-state index in [1.807, 2.05) is 14.0 Å². The van der Waals surface area contributed by atoms with Crippen LogP contribution in [0.25, 0.3) is 0 Å². The van der Waals surface area contributed by atoms with E-state index in [4.69, 9.17) is 21.8 Å². The summed E-state index contributed by atoms with van der Waals surface area (Å²) in [5.74, 6) is 0.479. The minimum absolute atomic E-state index is 0.0436. The summed E-state index contributed by atoms with van der Waals surface area (Å²) in [5.41, 5.74) is 1.75. The maximum atomic E-state index is 5.71. The van der Waals surface area contributed by atoms with Gasteiger partial charge in [0.15, 0.2) is 6.61 Å². The normalized spacial score (nSPS) is 19.9. The van der Waals surface area contributed by atoms with Gasteiger partial charge in [0, 0.05) is 17.2 Å². The molecule has 0 radical (unpaired) electrons. The molecule has 1 N–H and O–H groups in total. The van der Waals surface area contributed by atoms with Gasteiger partial charge >= 0.3 is 0 Å². The van der Waals surface area contributed by atoms with Gasteiger partial charge in [-0.2, -0.15) is 0 Å². The van der Waals surface area contributed by atoms with Gasteiger partial charge in [0.05, 0.1) is 5.56 Å². The first-order valence-electron chi connectivity index (χ1n) is 4.82. The van der Waals surface area contributed by atoms with Crippen LogP contribution in [0.1, 0.15) is 11.3 Å². The highest BCUT2D eigenvalue weighted by Gasteiger charge is 2.23. The molecule has 1 aromatic rings. The predicted molar refractivity (Wildman–Crippen MR) is 71.6 cm³/mol. The molecule has 2 rings (SSSR count). The van der Waals surface area contributed by atoms with Crippen molar-refractivity contribution in [3.8, 4) is 0 Å². The summed E-state index contributed by atoms with van der Waals surface area (Å²) in [7, 11) is 1.86. The smallest absolute Gasteiger partial charge is 0.262 e. The summed E-state index contributed by atoms with van der Waals surface area (Å²) in [5, 5.41) is 7.02. The summed E-state index contributed by atoms with van der Waals surface area (Å²) in [6.07, 6.45) is 0.0436. The van der Waals surface area contributed by atoms with E-state index < -0.39 is 0 Å². The van der Waals surface area contributed by atoms with Gasteiger partial charge in [-0.15, -0.1) is 0 Å². The lowest BCUT2D eigenvalue weighted by molar-refractivity contribution is 0.0230. The summed E-state index contributed by atoms with van der Waals surface area (Å²) >= 11 is 7.54. The van der Waals surface area contributed by atoms with Crippen molar-refractivity contribution < 1.29 is 9.57 Å². The van der Waals surface area contributed by atoms with E-state index >= 15 is 0 Å². The Labute approximate surface area is 112 Å². The number of halogens is 1. The number of oxime groups is 1. The number of ether oxygens (including phenoxy) is 1. The number of alkyl halides is 1. The van der Waals surface area contributed by atoms with E-state index in [1.54, 1.807) is 4.68 Å². The molecule has 16 heavy (non-hydrogen) atoms. The molecule has 1 aliphatic rings. The molecule has 2 heterocycles. The lowest BCUT2D eigenvalue weighted by Crippen LogP contribution is -2.29. The van der Waals surface area contributed by atoms with Gasteiger partial charge in [-0.1, -0.05) is 34.8 Å². The first kappa shape index (κ1) is 11.9. The third kappa shape index (κ3) is 2.10. The molecular weight excluding hydrogens is 341 g/mol. The van der Waals surface area contributed by atoms with Crippen molar-refractivity contribution in [1.82, 2.24) is 9.78 Å². The number of rotatable bonds is 2. The van der Waals surface area contributed by atoms with Crippen LogP contribution in [0.15, 0.2) is 5.16 Å². The summed E-state index contributed by atoms with van der Waals surface area (Å²) in [6.45, 7) is 2.43. The van der Waals surface area contributed by atoms with E-state index in [1.165, 1.54) is 0 Å². The molecule has 88 valence electrons. The van der Waals surface area contributed by atoms with Crippen molar-refractivity contribution in [3.63, 3.8) is 0 Å². The summed E-state index contributed by atoms with van der Waals surface area (Å²) in [6, 6.07) is 0. The molecule has 0 spiro atoms.